The number of pyridine rings is 1. The van der Waals surface area contributed by atoms with Crippen LogP contribution in [0.2, 0.25) is 0 Å². The van der Waals surface area contributed by atoms with Crippen molar-refractivity contribution in [3.63, 3.8) is 0 Å². The zero-order valence-corrected chi connectivity index (χ0v) is 11.7. The molecule has 4 aromatic heterocycles. The molecule has 0 spiro atoms. The van der Waals surface area contributed by atoms with Crippen LogP contribution in [-0.2, 0) is 0 Å². The standard InChI is InChI=1S/C16H8N6O/c1-2-4-10-9(3-1)5-7-17-12(10)15-19-16-14(21-22-15)13-11(23-16)6-8-18-20-13/h1-8H. The summed E-state index contributed by atoms with van der Waals surface area (Å²) in [6, 6.07) is 11.6. The fraction of sp³-hybridized carbons (Fsp3) is 0. The summed E-state index contributed by atoms with van der Waals surface area (Å²) >= 11 is 0. The molecule has 0 aliphatic carbocycles. The second-order valence-electron chi connectivity index (χ2n) is 5.02. The third-order valence-corrected chi connectivity index (χ3v) is 3.65. The first-order valence-electron chi connectivity index (χ1n) is 6.99. The van der Waals surface area contributed by atoms with Crippen LogP contribution in [-0.4, -0.2) is 30.4 Å². The Balaban J connectivity index is 1.81. The third kappa shape index (κ3) is 1.76. The maximum atomic E-state index is 5.68. The monoisotopic (exact) mass is 300 g/mol. The second kappa shape index (κ2) is 4.51. The van der Waals surface area contributed by atoms with Crippen LogP contribution in [0.15, 0.2) is 53.2 Å². The fourth-order valence-electron chi connectivity index (χ4n) is 2.60. The highest BCUT2D eigenvalue weighted by molar-refractivity contribution is 5.98. The van der Waals surface area contributed by atoms with Crippen molar-refractivity contribution in [3.8, 4) is 11.5 Å². The van der Waals surface area contributed by atoms with Crippen molar-refractivity contribution in [2.24, 2.45) is 0 Å². The summed E-state index contributed by atoms with van der Waals surface area (Å²) in [5.41, 5.74) is 2.68. The van der Waals surface area contributed by atoms with E-state index in [-0.39, 0.29) is 0 Å². The van der Waals surface area contributed by atoms with Gasteiger partial charge < -0.3 is 4.42 Å². The fourth-order valence-corrected chi connectivity index (χ4v) is 2.60. The molecule has 0 bridgehead atoms. The summed E-state index contributed by atoms with van der Waals surface area (Å²) in [5, 5.41) is 18.3. The van der Waals surface area contributed by atoms with Crippen LogP contribution in [0.1, 0.15) is 0 Å². The highest BCUT2D eigenvalue weighted by atomic mass is 16.3. The maximum absolute atomic E-state index is 5.68. The van der Waals surface area contributed by atoms with Gasteiger partial charge in [0.25, 0.3) is 5.71 Å². The lowest BCUT2D eigenvalue weighted by atomic mass is 10.1. The average molecular weight is 300 g/mol. The molecule has 0 unspecified atom stereocenters. The Labute approximate surface area is 129 Å². The predicted molar refractivity (Wildman–Crippen MR) is 83.4 cm³/mol. The SMILES string of the molecule is c1ccc2c(-c3nnc4c(n3)oc3ccnnc34)nccc2c1. The van der Waals surface area contributed by atoms with E-state index in [9.17, 15) is 0 Å². The predicted octanol–water partition coefficient (Wildman–Crippen LogP) is 2.78. The van der Waals surface area contributed by atoms with Crippen molar-refractivity contribution >= 4 is 33.1 Å². The molecule has 7 nitrogen and oxygen atoms in total. The van der Waals surface area contributed by atoms with E-state index in [0.29, 0.717) is 33.8 Å². The number of hydrogen-bond acceptors (Lipinski definition) is 7. The first kappa shape index (κ1) is 12.1. The number of rotatable bonds is 1. The van der Waals surface area contributed by atoms with Gasteiger partial charge in [0.15, 0.2) is 16.6 Å². The van der Waals surface area contributed by atoms with E-state index in [1.54, 1.807) is 18.5 Å². The smallest absolute Gasteiger partial charge is 0.252 e. The second-order valence-corrected chi connectivity index (χ2v) is 5.02. The number of nitrogens with zero attached hydrogens (tertiary/aromatic N) is 6. The Hall–Kier alpha value is -3.48. The summed E-state index contributed by atoms with van der Waals surface area (Å²) in [4.78, 5) is 8.87. The molecule has 0 atom stereocenters. The van der Waals surface area contributed by atoms with Crippen molar-refractivity contribution in [1.82, 2.24) is 30.4 Å². The highest BCUT2D eigenvalue weighted by Gasteiger charge is 2.15. The number of fused-ring (bicyclic) bond motifs is 4. The molecular formula is C16H8N6O. The van der Waals surface area contributed by atoms with Gasteiger partial charge in [0.05, 0.1) is 6.20 Å². The quantitative estimate of drug-likeness (QED) is 0.470. The van der Waals surface area contributed by atoms with Crippen LogP contribution in [0, 0.1) is 0 Å². The molecule has 0 aliphatic rings. The molecule has 0 amide bonds. The van der Waals surface area contributed by atoms with Gasteiger partial charge in [-0.2, -0.15) is 10.1 Å². The first-order chi connectivity index (χ1) is 11.4. The lowest BCUT2D eigenvalue weighted by Gasteiger charge is -2.02. The molecule has 0 aliphatic heterocycles. The molecule has 0 saturated heterocycles. The Morgan fingerprint density at radius 1 is 0.826 bits per heavy atom. The summed E-state index contributed by atoms with van der Waals surface area (Å²) in [6.45, 7) is 0. The highest BCUT2D eigenvalue weighted by Crippen LogP contribution is 2.27. The van der Waals surface area contributed by atoms with Crippen molar-refractivity contribution < 1.29 is 4.42 Å². The third-order valence-electron chi connectivity index (χ3n) is 3.65. The van der Waals surface area contributed by atoms with E-state index in [0.717, 1.165) is 10.8 Å². The normalized spacial score (nSPS) is 11.5. The molecule has 108 valence electrons. The minimum Gasteiger partial charge on any atom is -0.434 e. The van der Waals surface area contributed by atoms with Gasteiger partial charge in [-0.15, -0.1) is 15.3 Å². The van der Waals surface area contributed by atoms with Gasteiger partial charge in [-0.25, -0.2) is 0 Å². The van der Waals surface area contributed by atoms with E-state index in [4.69, 9.17) is 4.42 Å². The van der Waals surface area contributed by atoms with Gasteiger partial charge in [-0.3, -0.25) is 4.98 Å². The number of aromatic nitrogens is 6. The molecule has 4 heterocycles. The molecule has 0 radical (unpaired) electrons. The van der Waals surface area contributed by atoms with E-state index < -0.39 is 0 Å². The molecule has 7 heteroatoms. The minimum atomic E-state index is 0.375. The maximum Gasteiger partial charge on any atom is 0.252 e. The Morgan fingerprint density at radius 2 is 1.78 bits per heavy atom. The van der Waals surface area contributed by atoms with Crippen LogP contribution < -0.4 is 0 Å². The van der Waals surface area contributed by atoms with E-state index in [1.807, 2.05) is 30.3 Å². The van der Waals surface area contributed by atoms with Crippen LogP contribution in [0.5, 0.6) is 0 Å². The largest absolute Gasteiger partial charge is 0.434 e. The molecule has 23 heavy (non-hydrogen) atoms. The van der Waals surface area contributed by atoms with E-state index >= 15 is 0 Å². The lowest BCUT2D eigenvalue weighted by Crippen LogP contribution is -1.95. The minimum absolute atomic E-state index is 0.375. The van der Waals surface area contributed by atoms with Gasteiger partial charge in [0.2, 0.25) is 5.82 Å². The van der Waals surface area contributed by atoms with Crippen LogP contribution in [0.4, 0.5) is 0 Å². The van der Waals surface area contributed by atoms with Crippen molar-refractivity contribution in [1.29, 1.82) is 0 Å². The molecular weight excluding hydrogens is 292 g/mol. The van der Waals surface area contributed by atoms with Crippen molar-refractivity contribution in [2.75, 3.05) is 0 Å². The lowest BCUT2D eigenvalue weighted by molar-refractivity contribution is 0.649. The van der Waals surface area contributed by atoms with Crippen molar-refractivity contribution in [3.05, 3.63) is 48.8 Å². The van der Waals surface area contributed by atoms with E-state index in [1.165, 1.54) is 0 Å². The Morgan fingerprint density at radius 3 is 2.78 bits per heavy atom. The Kier molecular flexibility index (Phi) is 2.37. The van der Waals surface area contributed by atoms with Gasteiger partial charge in [-0.05, 0) is 11.5 Å². The van der Waals surface area contributed by atoms with Gasteiger partial charge in [0.1, 0.15) is 5.69 Å². The van der Waals surface area contributed by atoms with Gasteiger partial charge in [-0.1, -0.05) is 24.3 Å². The molecule has 0 saturated carbocycles. The van der Waals surface area contributed by atoms with Crippen LogP contribution >= 0.6 is 0 Å². The zero-order chi connectivity index (χ0) is 15.2. The Bertz CT molecular complexity index is 1180. The molecule has 5 aromatic rings. The van der Waals surface area contributed by atoms with Gasteiger partial charge in [0, 0.05) is 17.6 Å². The zero-order valence-electron chi connectivity index (χ0n) is 11.7. The molecule has 0 N–H and O–H groups in total. The summed E-state index contributed by atoms with van der Waals surface area (Å²) < 4.78 is 5.68. The number of furan rings is 1. The summed E-state index contributed by atoms with van der Waals surface area (Å²) in [5.74, 6) is 0.418. The van der Waals surface area contributed by atoms with E-state index in [2.05, 4.69) is 30.4 Å². The number of benzene rings is 1. The van der Waals surface area contributed by atoms with Crippen LogP contribution in [0.3, 0.4) is 0 Å². The van der Waals surface area contributed by atoms with Crippen molar-refractivity contribution in [2.45, 2.75) is 0 Å². The van der Waals surface area contributed by atoms with Gasteiger partial charge >= 0.3 is 0 Å². The summed E-state index contributed by atoms with van der Waals surface area (Å²) in [6.07, 6.45) is 3.29. The molecule has 1 aromatic carbocycles. The molecule has 0 fully saturated rings. The van der Waals surface area contributed by atoms with Crippen LogP contribution in [0.25, 0.3) is 44.6 Å². The first-order valence-corrected chi connectivity index (χ1v) is 6.99. The number of hydrogen-bond donors (Lipinski definition) is 0. The molecule has 5 rings (SSSR count). The topological polar surface area (TPSA) is 90.5 Å². The average Bonchev–Trinajstić information content (AvgIpc) is 2.99. The summed E-state index contributed by atoms with van der Waals surface area (Å²) in [7, 11) is 0.